The van der Waals surface area contributed by atoms with E-state index in [4.69, 9.17) is 0 Å². The number of aromatic amines is 1. The van der Waals surface area contributed by atoms with Crippen LogP contribution in [0.1, 0.15) is 46.9 Å². The monoisotopic (exact) mass is 417 g/mol. The molecule has 2 fully saturated rings. The van der Waals surface area contributed by atoms with Gasteiger partial charge in [-0.2, -0.15) is 0 Å². The average molecular weight is 418 g/mol. The van der Waals surface area contributed by atoms with Gasteiger partial charge in [0.05, 0.1) is 5.52 Å². The number of nitrogens with zero attached hydrogens (tertiary/aromatic N) is 4. The number of nitrogens with one attached hydrogen (secondary N) is 1. The normalized spacial score (nSPS) is 19.8. The third kappa shape index (κ3) is 3.92. The molecule has 0 radical (unpaired) electrons. The van der Waals surface area contributed by atoms with Crippen LogP contribution in [0.4, 0.5) is 0 Å². The van der Waals surface area contributed by atoms with Crippen molar-refractivity contribution in [3.05, 3.63) is 59.5 Å². The lowest BCUT2D eigenvalue weighted by molar-refractivity contribution is -0.135. The summed E-state index contributed by atoms with van der Waals surface area (Å²) in [4.78, 5) is 42.0. The summed E-state index contributed by atoms with van der Waals surface area (Å²) in [6.45, 7) is 4.74. The van der Waals surface area contributed by atoms with E-state index in [2.05, 4.69) is 15.0 Å². The lowest BCUT2D eigenvalue weighted by atomic mass is 9.94. The Morgan fingerprint density at radius 2 is 1.74 bits per heavy atom. The van der Waals surface area contributed by atoms with Gasteiger partial charge in [-0.3, -0.25) is 9.59 Å². The Labute approximate surface area is 181 Å². The number of hydrogen-bond donors (Lipinski definition) is 1. The minimum Gasteiger partial charge on any atom is -0.342 e. The molecule has 160 valence electrons. The fourth-order valence-electron chi connectivity index (χ4n) is 4.71. The second kappa shape index (κ2) is 8.13. The molecule has 1 unspecified atom stereocenters. The van der Waals surface area contributed by atoms with E-state index in [0.29, 0.717) is 19.6 Å². The van der Waals surface area contributed by atoms with Crippen molar-refractivity contribution < 1.29 is 9.59 Å². The zero-order valence-corrected chi connectivity index (χ0v) is 17.8. The summed E-state index contributed by atoms with van der Waals surface area (Å²) in [5.41, 5.74) is 3.53. The Hall–Kier alpha value is -3.22. The molecule has 2 amide bonds. The van der Waals surface area contributed by atoms with Gasteiger partial charge in [-0.15, -0.1) is 0 Å². The summed E-state index contributed by atoms with van der Waals surface area (Å²) in [5, 5.41) is 0. The van der Waals surface area contributed by atoms with Gasteiger partial charge in [0, 0.05) is 49.8 Å². The molecule has 3 aromatic rings. The Bertz CT molecular complexity index is 1070. The van der Waals surface area contributed by atoms with Crippen molar-refractivity contribution in [1.29, 1.82) is 0 Å². The number of benzene rings is 1. The van der Waals surface area contributed by atoms with Crippen LogP contribution in [-0.4, -0.2) is 62.7 Å². The first-order valence-corrected chi connectivity index (χ1v) is 11.0. The van der Waals surface area contributed by atoms with Gasteiger partial charge in [0.2, 0.25) is 5.91 Å². The van der Waals surface area contributed by atoms with Crippen molar-refractivity contribution in [2.45, 2.75) is 32.1 Å². The Balaban J connectivity index is 1.17. The molecule has 2 aliphatic heterocycles. The molecule has 0 saturated carbocycles. The minimum absolute atomic E-state index is 0.00171. The lowest BCUT2D eigenvalue weighted by Crippen LogP contribution is -2.43. The largest absolute Gasteiger partial charge is 0.342 e. The van der Waals surface area contributed by atoms with E-state index in [0.717, 1.165) is 53.9 Å². The summed E-state index contributed by atoms with van der Waals surface area (Å²) in [5.74, 6) is 1.42. The molecule has 4 heterocycles. The maximum absolute atomic E-state index is 13.1. The maximum atomic E-state index is 13.1. The highest BCUT2D eigenvalue weighted by Crippen LogP contribution is 2.29. The zero-order valence-electron chi connectivity index (χ0n) is 17.8. The molecule has 0 spiro atoms. The van der Waals surface area contributed by atoms with Crippen LogP contribution in [0.5, 0.6) is 0 Å². The van der Waals surface area contributed by atoms with E-state index in [1.807, 2.05) is 53.1 Å². The topological polar surface area (TPSA) is 82.2 Å². The number of amides is 2. The zero-order chi connectivity index (χ0) is 21.4. The predicted octanol–water partition coefficient (Wildman–Crippen LogP) is 3.13. The molecule has 1 N–H and O–H groups in total. The quantitative estimate of drug-likeness (QED) is 0.710. The first-order valence-electron chi connectivity index (χ1n) is 11.0. The molecule has 2 aromatic heterocycles. The second-order valence-corrected chi connectivity index (χ2v) is 8.70. The molecule has 7 heteroatoms. The van der Waals surface area contributed by atoms with E-state index in [1.165, 1.54) is 0 Å². The van der Waals surface area contributed by atoms with Crippen molar-refractivity contribution in [2.24, 2.45) is 5.92 Å². The number of fused-ring (bicyclic) bond motifs is 1. The number of carbonyl (C=O) groups is 2. The van der Waals surface area contributed by atoms with E-state index < -0.39 is 0 Å². The molecule has 1 atom stereocenters. The molecule has 2 aliphatic rings. The summed E-state index contributed by atoms with van der Waals surface area (Å²) in [6.07, 6.45) is 4.11. The van der Waals surface area contributed by atoms with Crippen LogP contribution in [0.25, 0.3) is 11.2 Å². The highest BCUT2D eigenvalue weighted by molar-refractivity contribution is 5.94. The third-order valence-corrected chi connectivity index (χ3v) is 6.59. The number of hydrogen-bond acceptors (Lipinski definition) is 4. The molecule has 1 aromatic carbocycles. The van der Waals surface area contributed by atoms with Crippen LogP contribution >= 0.6 is 0 Å². The molecule has 2 saturated heterocycles. The fourth-order valence-corrected chi connectivity index (χ4v) is 4.71. The van der Waals surface area contributed by atoms with Crippen LogP contribution in [0, 0.1) is 12.8 Å². The number of imidazole rings is 1. The van der Waals surface area contributed by atoms with Crippen molar-refractivity contribution in [3.63, 3.8) is 0 Å². The number of piperidine rings is 1. The molecule has 0 bridgehead atoms. The smallest absolute Gasteiger partial charge is 0.253 e. The number of rotatable bonds is 3. The van der Waals surface area contributed by atoms with Gasteiger partial charge in [0.25, 0.3) is 5.91 Å². The summed E-state index contributed by atoms with van der Waals surface area (Å²) in [6, 6.07) is 11.6. The molecule has 31 heavy (non-hydrogen) atoms. The van der Waals surface area contributed by atoms with Crippen LogP contribution < -0.4 is 0 Å². The van der Waals surface area contributed by atoms with Crippen LogP contribution in [0.15, 0.2) is 42.6 Å². The van der Waals surface area contributed by atoms with Gasteiger partial charge in [0.1, 0.15) is 5.82 Å². The Morgan fingerprint density at radius 1 is 1.00 bits per heavy atom. The number of likely N-dealkylation sites (tertiary alicyclic amines) is 2. The van der Waals surface area contributed by atoms with Gasteiger partial charge >= 0.3 is 0 Å². The number of aryl methyl sites for hydroxylation is 1. The fraction of sp³-hybridized carbons (Fsp3) is 0.417. The van der Waals surface area contributed by atoms with Crippen LogP contribution in [0.3, 0.4) is 0 Å². The summed E-state index contributed by atoms with van der Waals surface area (Å²) >= 11 is 0. The molecule has 0 aliphatic carbocycles. The number of carbonyl (C=O) groups excluding carboxylic acids is 2. The Kier molecular flexibility index (Phi) is 5.18. The number of aromatic nitrogens is 3. The van der Waals surface area contributed by atoms with Crippen molar-refractivity contribution in [2.75, 3.05) is 26.2 Å². The summed E-state index contributed by atoms with van der Waals surface area (Å²) in [7, 11) is 0. The first kappa shape index (κ1) is 19.7. The maximum Gasteiger partial charge on any atom is 0.253 e. The highest BCUT2D eigenvalue weighted by Gasteiger charge is 2.35. The Morgan fingerprint density at radius 3 is 2.48 bits per heavy atom. The standard InChI is InChI=1S/C24H27N5O2/c1-16-4-6-17(7-5-16)23(30)28-12-8-18(9-13-28)24(31)29-14-10-19(15-29)21-26-20-3-2-11-25-22(20)27-21/h2-7,11,18-19H,8-10,12-15H2,1H3,(H,25,26,27). The van der Waals surface area contributed by atoms with Crippen molar-refractivity contribution in [3.8, 4) is 0 Å². The van der Waals surface area contributed by atoms with Gasteiger partial charge in [-0.1, -0.05) is 17.7 Å². The molecular formula is C24H27N5O2. The van der Waals surface area contributed by atoms with E-state index in [1.54, 1.807) is 6.20 Å². The van der Waals surface area contributed by atoms with E-state index >= 15 is 0 Å². The highest BCUT2D eigenvalue weighted by atomic mass is 16.2. The first-order chi connectivity index (χ1) is 15.1. The molecule has 5 rings (SSSR count). The van der Waals surface area contributed by atoms with E-state index in [9.17, 15) is 9.59 Å². The minimum atomic E-state index is -0.00171. The van der Waals surface area contributed by atoms with Crippen LogP contribution in [-0.2, 0) is 4.79 Å². The molecular weight excluding hydrogens is 390 g/mol. The summed E-state index contributed by atoms with van der Waals surface area (Å²) < 4.78 is 0. The number of H-pyrrole nitrogens is 1. The van der Waals surface area contributed by atoms with Gasteiger partial charge in [0.15, 0.2) is 5.65 Å². The predicted molar refractivity (Wildman–Crippen MR) is 118 cm³/mol. The molecule has 7 nitrogen and oxygen atoms in total. The third-order valence-electron chi connectivity index (χ3n) is 6.59. The lowest BCUT2D eigenvalue weighted by Gasteiger charge is -2.33. The second-order valence-electron chi connectivity index (χ2n) is 8.70. The number of pyridine rings is 1. The van der Waals surface area contributed by atoms with Crippen molar-refractivity contribution in [1.82, 2.24) is 24.8 Å². The van der Waals surface area contributed by atoms with Crippen molar-refractivity contribution >= 4 is 23.0 Å². The van der Waals surface area contributed by atoms with E-state index in [-0.39, 0.29) is 23.7 Å². The van der Waals surface area contributed by atoms with Crippen LogP contribution in [0.2, 0.25) is 0 Å². The SMILES string of the molecule is Cc1ccc(C(=O)N2CCC(C(=O)N3CCC(c4nc5ncccc5[nH]4)C3)CC2)cc1. The van der Waals surface area contributed by atoms with Gasteiger partial charge in [-0.05, 0) is 50.5 Å². The van der Waals surface area contributed by atoms with Gasteiger partial charge < -0.3 is 14.8 Å². The van der Waals surface area contributed by atoms with Gasteiger partial charge in [-0.25, -0.2) is 9.97 Å². The average Bonchev–Trinajstić information content (AvgIpc) is 3.46.